The van der Waals surface area contributed by atoms with E-state index >= 15 is 0 Å². The van der Waals surface area contributed by atoms with E-state index in [9.17, 15) is 0 Å². The van der Waals surface area contributed by atoms with E-state index in [1.807, 2.05) is 12.1 Å². The summed E-state index contributed by atoms with van der Waals surface area (Å²) in [6.07, 6.45) is 6.44. The molecule has 148 valence electrons. The Balaban J connectivity index is 1.99. The van der Waals surface area contributed by atoms with Crippen molar-refractivity contribution in [3.63, 3.8) is 0 Å². The third-order valence-corrected chi connectivity index (χ3v) is 5.39. The number of ether oxygens (including phenoxy) is 2. The Morgan fingerprint density at radius 2 is 1.70 bits per heavy atom. The van der Waals surface area contributed by atoms with Crippen molar-refractivity contribution in [1.82, 2.24) is 5.32 Å². The van der Waals surface area contributed by atoms with Crippen LogP contribution >= 0.6 is 15.9 Å². The highest BCUT2D eigenvalue weighted by molar-refractivity contribution is 9.10. The summed E-state index contributed by atoms with van der Waals surface area (Å²) in [4.78, 5) is 0. The monoisotopic (exact) mass is 433 g/mol. The molecule has 0 aromatic heterocycles. The maximum absolute atomic E-state index is 6.18. The molecule has 0 aliphatic rings. The van der Waals surface area contributed by atoms with Crippen LogP contribution in [0.4, 0.5) is 0 Å². The smallest absolute Gasteiger partial charge is 0.167 e. The molecule has 1 N–H and O–H groups in total. The van der Waals surface area contributed by atoms with Gasteiger partial charge in [-0.2, -0.15) is 0 Å². The molecule has 0 spiro atoms. The van der Waals surface area contributed by atoms with Crippen LogP contribution in [0.25, 0.3) is 0 Å². The highest BCUT2D eigenvalue weighted by atomic mass is 79.9. The van der Waals surface area contributed by atoms with Gasteiger partial charge < -0.3 is 14.8 Å². The first kappa shape index (κ1) is 21.8. The molecule has 0 saturated heterocycles. The fourth-order valence-corrected chi connectivity index (χ4v) is 3.43. The van der Waals surface area contributed by atoms with Crippen molar-refractivity contribution >= 4 is 15.9 Å². The summed E-state index contributed by atoms with van der Waals surface area (Å²) in [6.45, 7) is 6.64. The number of hydrogen-bond acceptors (Lipinski definition) is 3. The van der Waals surface area contributed by atoms with Gasteiger partial charge in [-0.25, -0.2) is 0 Å². The quantitative estimate of drug-likeness (QED) is 0.392. The minimum Gasteiger partial charge on any atom is -0.493 e. The first-order valence-electron chi connectivity index (χ1n) is 9.90. The number of methoxy groups -OCH3 is 1. The van der Waals surface area contributed by atoms with Crippen molar-refractivity contribution in [2.75, 3.05) is 13.7 Å². The van der Waals surface area contributed by atoms with Crippen LogP contribution in [0, 0.1) is 6.92 Å². The van der Waals surface area contributed by atoms with E-state index in [1.165, 1.54) is 37.7 Å². The van der Waals surface area contributed by atoms with Crippen LogP contribution < -0.4 is 14.8 Å². The minimum atomic E-state index is 0.525. The molecule has 0 saturated carbocycles. The Bertz CT molecular complexity index is 686. The maximum atomic E-state index is 6.18. The summed E-state index contributed by atoms with van der Waals surface area (Å²) in [7, 11) is 1.69. The van der Waals surface area contributed by atoms with Crippen LogP contribution in [0.2, 0.25) is 0 Å². The van der Waals surface area contributed by atoms with Gasteiger partial charge >= 0.3 is 0 Å². The number of halogens is 1. The summed E-state index contributed by atoms with van der Waals surface area (Å²) >= 11 is 3.67. The Hall–Kier alpha value is -1.52. The first-order chi connectivity index (χ1) is 13.2. The molecule has 0 fully saturated rings. The number of rotatable bonds is 12. The highest BCUT2D eigenvalue weighted by Crippen LogP contribution is 2.36. The number of benzene rings is 2. The standard InChI is InChI=1S/C23H32BrNO2/c1-4-5-6-7-8-15-25-16-20-21(24)13-14-22(26-3)23(20)27-17-19-11-9-18(2)10-12-19/h9-14,25H,4-8,15-17H2,1-3H3. The molecule has 0 bridgehead atoms. The summed E-state index contributed by atoms with van der Waals surface area (Å²) < 4.78 is 12.8. The highest BCUT2D eigenvalue weighted by Gasteiger charge is 2.14. The van der Waals surface area contributed by atoms with Crippen LogP contribution in [0.1, 0.15) is 55.7 Å². The van der Waals surface area contributed by atoms with E-state index in [4.69, 9.17) is 9.47 Å². The Morgan fingerprint density at radius 1 is 0.963 bits per heavy atom. The van der Waals surface area contributed by atoms with Crippen LogP contribution in [0.5, 0.6) is 11.5 Å². The second-order valence-corrected chi connectivity index (χ2v) is 7.78. The van der Waals surface area contributed by atoms with E-state index in [1.54, 1.807) is 7.11 Å². The van der Waals surface area contributed by atoms with Gasteiger partial charge in [0, 0.05) is 16.6 Å². The van der Waals surface area contributed by atoms with Crippen molar-refractivity contribution in [3.8, 4) is 11.5 Å². The number of hydrogen-bond donors (Lipinski definition) is 1. The predicted octanol–water partition coefficient (Wildman–Crippen LogP) is 6.41. The molecule has 3 nitrogen and oxygen atoms in total. The van der Waals surface area contributed by atoms with Gasteiger partial charge in [0.15, 0.2) is 11.5 Å². The Labute approximate surface area is 172 Å². The minimum absolute atomic E-state index is 0.525. The molecule has 2 aromatic carbocycles. The normalized spacial score (nSPS) is 10.8. The molecule has 27 heavy (non-hydrogen) atoms. The molecule has 0 aliphatic heterocycles. The fraction of sp³-hybridized carbons (Fsp3) is 0.478. The van der Waals surface area contributed by atoms with Crippen LogP contribution in [0.3, 0.4) is 0 Å². The third-order valence-electron chi connectivity index (χ3n) is 4.65. The number of aryl methyl sites for hydroxylation is 1. The first-order valence-corrected chi connectivity index (χ1v) is 10.7. The molecule has 4 heteroatoms. The van der Waals surface area contributed by atoms with Gasteiger partial charge in [0.1, 0.15) is 6.61 Å². The maximum Gasteiger partial charge on any atom is 0.167 e. The molecule has 0 atom stereocenters. The van der Waals surface area contributed by atoms with E-state index < -0.39 is 0 Å². The zero-order valence-electron chi connectivity index (χ0n) is 16.8. The van der Waals surface area contributed by atoms with Crippen molar-refractivity contribution in [3.05, 3.63) is 57.6 Å². The third kappa shape index (κ3) is 7.19. The second kappa shape index (κ2) is 12.0. The van der Waals surface area contributed by atoms with Crippen LogP contribution in [-0.4, -0.2) is 13.7 Å². The van der Waals surface area contributed by atoms with Crippen molar-refractivity contribution in [2.24, 2.45) is 0 Å². The predicted molar refractivity (Wildman–Crippen MR) is 117 cm³/mol. The van der Waals surface area contributed by atoms with E-state index in [0.29, 0.717) is 6.61 Å². The van der Waals surface area contributed by atoms with Crippen LogP contribution in [0.15, 0.2) is 40.9 Å². The molecule has 0 unspecified atom stereocenters. The van der Waals surface area contributed by atoms with Gasteiger partial charge in [-0.05, 0) is 37.6 Å². The van der Waals surface area contributed by atoms with Gasteiger partial charge in [-0.15, -0.1) is 0 Å². The lowest BCUT2D eigenvalue weighted by atomic mass is 10.1. The average molecular weight is 434 g/mol. The topological polar surface area (TPSA) is 30.5 Å². The van der Waals surface area contributed by atoms with E-state index in [2.05, 4.69) is 59.4 Å². The molecule has 2 rings (SSSR count). The van der Waals surface area contributed by atoms with Gasteiger partial charge in [-0.3, -0.25) is 0 Å². The summed E-state index contributed by atoms with van der Waals surface area (Å²) in [6, 6.07) is 12.4. The Kier molecular flexibility index (Phi) is 9.71. The largest absolute Gasteiger partial charge is 0.493 e. The molecule has 0 amide bonds. The lowest BCUT2D eigenvalue weighted by Gasteiger charge is -2.17. The second-order valence-electron chi connectivity index (χ2n) is 6.92. The zero-order valence-corrected chi connectivity index (χ0v) is 18.4. The van der Waals surface area contributed by atoms with Crippen molar-refractivity contribution < 1.29 is 9.47 Å². The van der Waals surface area contributed by atoms with Crippen molar-refractivity contribution in [1.29, 1.82) is 0 Å². The SMILES string of the molecule is CCCCCCCNCc1c(Br)ccc(OC)c1OCc1ccc(C)cc1. The van der Waals surface area contributed by atoms with Crippen molar-refractivity contribution in [2.45, 2.75) is 59.1 Å². The Morgan fingerprint density at radius 3 is 2.41 bits per heavy atom. The molecular formula is C23H32BrNO2. The van der Waals surface area contributed by atoms with Gasteiger partial charge in [0.05, 0.1) is 7.11 Å². The lowest BCUT2D eigenvalue weighted by molar-refractivity contribution is 0.280. The van der Waals surface area contributed by atoms with Crippen LogP contribution in [-0.2, 0) is 13.2 Å². The summed E-state index contributed by atoms with van der Waals surface area (Å²) in [5.41, 5.74) is 3.51. The fourth-order valence-electron chi connectivity index (χ4n) is 2.97. The molecular weight excluding hydrogens is 402 g/mol. The zero-order chi connectivity index (χ0) is 19.5. The molecule has 0 heterocycles. The summed E-state index contributed by atoms with van der Waals surface area (Å²) in [5, 5.41) is 3.55. The average Bonchev–Trinajstić information content (AvgIpc) is 2.68. The van der Waals surface area contributed by atoms with E-state index in [-0.39, 0.29) is 0 Å². The van der Waals surface area contributed by atoms with E-state index in [0.717, 1.165) is 40.2 Å². The number of unbranched alkanes of at least 4 members (excludes halogenated alkanes) is 4. The molecule has 0 aliphatic carbocycles. The summed E-state index contributed by atoms with van der Waals surface area (Å²) in [5.74, 6) is 1.58. The molecule has 0 radical (unpaired) electrons. The lowest BCUT2D eigenvalue weighted by Crippen LogP contribution is -2.16. The number of nitrogens with one attached hydrogen (secondary N) is 1. The molecule has 2 aromatic rings. The van der Waals surface area contributed by atoms with Gasteiger partial charge in [0.25, 0.3) is 0 Å². The van der Waals surface area contributed by atoms with Gasteiger partial charge in [-0.1, -0.05) is 78.4 Å². The van der Waals surface area contributed by atoms with Gasteiger partial charge in [0.2, 0.25) is 0 Å².